The number of carbonyl (C=O) groups is 2. The number of aryl methyl sites for hydroxylation is 1. The minimum Gasteiger partial charge on any atom is -0.338 e. The monoisotopic (exact) mass is 519 g/mol. The van der Waals surface area contributed by atoms with Crippen LogP contribution in [0.5, 0.6) is 0 Å². The van der Waals surface area contributed by atoms with Crippen molar-refractivity contribution in [2.24, 2.45) is 0 Å². The van der Waals surface area contributed by atoms with Crippen molar-refractivity contribution < 1.29 is 9.59 Å². The maximum atomic E-state index is 13.5. The van der Waals surface area contributed by atoms with E-state index in [0.717, 1.165) is 17.9 Å². The lowest BCUT2D eigenvalue weighted by molar-refractivity contribution is -0.142. The van der Waals surface area contributed by atoms with Crippen LogP contribution in [0.4, 0.5) is 0 Å². The Kier molecular flexibility index (Phi) is 7.79. The van der Waals surface area contributed by atoms with Crippen molar-refractivity contribution in [3.63, 3.8) is 0 Å². The first-order valence-corrected chi connectivity index (χ1v) is 14.5. The van der Waals surface area contributed by atoms with Crippen molar-refractivity contribution in [1.82, 2.24) is 14.7 Å². The molecule has 7 heteroatoms. The molecule has 2 atom stereocenters. The van der Waals surface area contributed by atoms with Gasteiger partial charge < -0.3 is 9.80 Å². The second-order valence-electron chi connectivity index (χ2n) is 9.66. The summed E-state index contributed by atoms with van der Waals surface area (Å²) in [6.45, 7) is 7.27. The number of rotatable bonds is 6. The number of thioether (sulfide) groups is 1. The van der Waals surface area contributed by atoms with Gasteiger partial charge in [0.1, 0.15) is 0 Å². The summed E-state index contributed by atoms with van der Waals surface area (Å²) in [5, 5.41) is 2.18. The summed E-state index contributed by atoms with van der Waals surface area (Å²) in [6, 6.07) is 20.9. The van der Waals surface area contributed by atoms with E-state index in [9.17, 15) is 9.59 Å². The van der Waals surface area contributed by atoms with E-state index in [1.807, 2.05) is 51.5 Å². The molecule has 0 radical (unpaired) electrons. The van der Waals surface area contributed by atoms with Gasteiger partial charge >= 0.3 is 0 Å². The van der Waals surface area contributed by atoms with Crippen LogP contribution in [0, 0.1) is 6.92 Å². The number of amides is 2. The van der Waals surface area contributed by atoms with Gasteiger partial charge in [-0.3, -0.25) is 14.5 Å². The fourth-order valence-electron chi connectivity index (χ4n) is 5.37. The number of thiophene rings is 1. The zero-order valence-corrected chi connectivity index (χ0v) is 22.6. The highest BCUT2D eigenvalue weighted by Gasteiger charge is 2.34. The number of fused-ring (bicyclic) bond motifs is 1. The molecule has 36 heavy (non-hydrogen) atoms. The summed E-state index contributed by atoms with van der Waals surface area (Å²) < 4.78 is 0. The Balaban J connectivity index is 1.22. The summed E-state index contributed by atoms with van der Waals surface area (Å²) in [6.07, 6.45) is 0.987. The molecule has 1 saturated heterocycles. The maximum Gasteiger partial charge on any atom is 0.236 e. The predicted molar refractivity (Wildman–Crippen MR) is 148 cm³/mol. The first kappa shape index (κ1) is 25.1. The Morgan fingerprint density at radius 3 is 2.50 bits per heavy atom. The molecule has 2 amide bonds. The van der Waals surface area contributed by atoms with E-state index in [1.165, 1.54) is 21.6 Å². The summed E-state index contributed by atoms with van der Waals surface area (Å²) in [4.78, 5) is 35.2. The molecule has 5 rings (SSSR count). The highest BCUT2D eigenvalue weighted by Crippen LogP contribution is 2.38. The number of benzene rings is 2. The number of carbonyl (C=O) groups excluding carboxylic acids is 2. The third kappa shape index (κ3) is 5.38. The molecule has 2 aromatic carbocycles. The molecule has 0 saturated carbocycles. The molecule has 0 bridgehead atoms. The lowest BCUT2D eigenvalue weighted by Gasteiger charge is -2.42. The van der Waals surface area contributed by atoms with Gasteiger partial charge in [-0.25, -0.2) is 0 Å². The normalized spacial score (nSPS) is 20.3. The average Bonchev–Trinajstić information content (AvgIpc) is 3.37. The minimum absolute atomic E-state index is 0.0172. The van der Waals surface area contributed by atoms with Crippen LogP contribution in [0.15, 0.2) is 70.9 Å². The second kappa shape index (κ2) is 11.2. The Hall–Kier alpha value is -2.61. The SMILES string of the molecule is Cc1ccccc1C1c2ccsc2CCN1CC(=O)N1CCN(C(=O)CSc2ccccc2)C(C)C1. The van der Waals surface area contributed by atoms with Crippen LogP contribution in [-0.2, 0) is 16.0 Å². The summed E-state index contributed by atoms with van der Waals surface area (Å²) in [7, 11) is 0. The number of hydrogen-bond acceptors (Lipinski definition) is 5. The number of nitrogens with zero attached hydrogens (tertiary/aromatic N) is 3. The van der Waals surface area contributed by atoms with E-state index in [1.54, 1.807) is 11.8 Å². The molecule has 1 aromatic heterocycles. The summed E-state index contributed by atoms with van der Waals surface area (Å²) in [5.41, 5.74) is 3.88. The van der Waals surface area contributed by atoms with Gasteiger partial charge in [-0.2, -0.15) is 0 Å². The maximum absolute atomic E-state index is 13.5. The summed E-state index contributed by atoms with van der Waals surface area (Å²) >= 11 is 3.39. The Morgan fingerprint density at radius 2 is 1.72 bits per heavy atom. The van der Waals surface area contributed by atoms with Crippen LogP contribution in [-0.4, -0.2) is 71.0 Å². The average molecular weight is 520 g/mol. The van der Waals surface area contributed by atoms with Crippen LogP contribution in [0.2, 0.25) is 0 Å². The molecule has 188 valence electrons. The molecular formula is C29H33N3O2S2. The van der Waals surface area contributed by atoms with Gasteiger partial charge in [-0.15, -0.1) is 23.1 Å². The van der Waals surface area contributed by atoms with Crippen molar-refractivity contribution in [2.75, 3.05) is 38.5 Å². The van der Waals surface area contributed by atoms with Crippen molar-refractivity contribution in [2.45, 2.75) is 37.2 Å². The van der Waals surface area contributed by atoms with Gasteiger partial charge in [-0.05, 0) is 60.5 Å². The number of hydrogen-bond donors (Lipinski definition) is 0. The topological polar surface area (TPSA) is 43.9 Å². The zero-order valence-electron chi connectivity index (χ0n) is 20.9. The summed E-state index contributed by atoms with van der Waals surface area (Å²) in [5.74, 6) is 0.728. The molecular weight excluding hydrogens is 486 g/mol. The molecule has 2 aliphatic rings. The molecule has 1 fully saturated rings. The Bertz CT molecular complexity index is 1210. The van der Waals surface area contributed by atoms with Crippen LogP contribution in [0.3, 0.4) is 0 Å². The molecule has 3 heterocycles. The van der Waals surface area contributed by atoms with Crippen molar-refractivity contribution in [1.29, 1.82) is 0 Å². The third-order valence-electron chi connectivity index (χ3n) is 7.29. The molecule has 3 aromatic rings. The van der Waals surface area contributed by atoms with E-state index < -0.39 is 0 Å². The Morgan fingerprint density at radius 1 is 0.944 bits per heavy atom. The minimum atomic E-state index is 0.0172. The Labute approximate surface area is 222 Å². The fourth-order valence-corrected chi connectivity index (χ4v) is 7.08. The van der Waals surface area contributed by atoms with E-state index >= 15 is 0 Å². The van der Waals surface area contributed by atoms with Gasteiger partial charge in [0.15, 0.2) is 0 Å². The lowest BCUT2D eigenvalue weighted by atomic mass is 9.90. The van der Waals surface area contributed by atoms with Crippen LogP contribution >= 0.6 is 23.1 Å². The first-order valence-electron chi connectivity index (χ1n) is 12.6. The van der Waals surface area contributed by atoms with Crippen molar-refractivity contribution >= 4 is 34.9 Å². The molecule has 2 aliphatic heterocycles. The molecule has 0 spiro atoms. The van der Waals surface area contributed by atoms with E-state index in [2.05, 4.69) is 54.5 Å². The number of piperazine rings is 1. The molecule has 5 nitrogen and oxygen atoms in total. The van der Waals surface area contributed by atoms with Crippen LogP contribution in [0.1, 0.15) is 34.5 Å². The highest BCUT2D eigenvalue weighted by molar-refractivity contribution is 8.00. The van der Waals surface area contributed by atoms with Gasteiger partial charge in [0.05, 0.1) is 18.3 Å². The largest absolute Gasteiger partial charge is 0.338 e. The highest BCUT2D eigenvalue weighted by atomic mass is 32.2. The van der Waals surface area contributed by atoms with Gasteiger partial charge in [0, 0.05) is 42.0 Å². The third-order valence-corrected chi connectivity index (χ3v) is 9.29. The van der Waals surface area contributed by atoms with E-state index in [4.69, 9.17) is 0 Å². The zero-order chi connectivity index (χ0) is 25.1. The van der Waals surface area contributed by atoms with Crippen molar-refractivity contribution in [3.8, 4) is 0 Å². The van der Waals surface area contributed by atoms with Crippen LogP contribution in [0.25, 0.3) is 0 Å². The molecule has 0 aliphatic carbocycles. The van der Waals surface area contributed by atoms with Gasteiger partial charge in [0.2, 0.25) is 11.8 Å². The smallest absolute Gasteiger partial charge is 0.236 e. The van der Waals surface area contributed by atoms with E-state index in [-0.39, 0.29) is 23.9 Å². The predicted octanol–water partition coefficient (Wildman–Crippen LogP) is 4.86. The second-order valence-corrected chi connectivity index (χ2v) is 11.7. The molecule has 0 N–H and O–H groups in total. The lowest BCUT2D eigenvalue weighted by Crippen LogP contribution is -2.57. The van der Waals surface area contributed by atoms with Gasteiger partial charge in [0.25, 0.3) is 0 Å². The van der Waals surface area contributed by atoms with Gasteiger partial charge in [-0.1, -0.05) is 42.5 Å². The fraction of sp³-hybridized carbons (Fsp3) is 0.379. The van der Waals surface area contributed by atoms with E-state index in [0.29, 0.717) is 31.9 Å². The first-order chi connectivity index (χ1) is 17.5. The molecule has 2 unspecified atom stereocenters. The standard InChI is InChI=1S/C29H33N3O2S2/c1-21-8-6-7-11-24(21)29-25-13-17-35-26(25)12-14-31(29)19-27(33)30-15-16-32(22(2)18-30)28(34)20-36-23-9-4-3-5-10-23/h3-11,13,17,22,29H,12,14-16,18-20H2,1-2H3. The van der Waals surface area contributed by atoms with Crippen molar-refractivity contribution in [3.05, 3.63) is 87.6 Å². The quantitative estimate of drug-likeness (QED) is 0.437. The van der Waals surface area contributed by atoms with Crippen LogP contribution < -0.4 is 0 Å².